The molecular weight excluding hydrogens is 308 g/mol. The van der Waals surface area contributed by atoms with Crippen molar-refractivity contribution in [3.63, 3.8) is 0 Å². The van der Waals surface area contributed by atoms with Gasteiger partial charge in [-0.3, -0.25) is 10.1 Å². The van der Waals surface area contributed by atoms with Crippen molar-refractivity contribution in [3.8, 4) is 5.75 Å². The number of nitrogens with one attached hydrogen (secondary N) is 2. The van der Waals surface area contributed by atoms with Gasteiger partial charge in [-0.1, -0.05) is 32.3 Å². The van der Waals surface area contributed by atoms with E-state index in [1.807, 2.05) is 19.1 Å². The second kappa shape index (κ2) is 8.87. The first kappa shape index (κ1) is 17.7. The van der Waals surface area contributed by atoms with Gasteiger partial charge in [-0.05, 0) is 56.6 Å². The predicted octanol–water partition coefficient (Wildman–Crippen LogP) is 3.80. The fraction of sp³-hybridized carbons (Fsp3) is 0.556. The van der Waals surface area contributed by atoms with Crippen LogP contribution in [0.5, 0.6) is 5.75 Å². The van der Waals surface area contributed by atoms with E-state index in [1.54, 1.807) is 12.1 Å². The molecule has 1 unspecified atom stereocenters. The second-order valence-corrected chi connectivity index (χ2v) is 6.54. The molecule has 1 atom stereocenters. The average Bonchev–Trinajstić information content (AvgIpc) is 2.55. The third-order valence-electron chi connectivity index (χ3n) is 4.18. The van der Waals surface area contributed by atoms with E-state index in [0.717, 1.165) is 19.3 Å². The SMILES string of the molecule is CCC(C)Oc1cccc(C(=O)NC(=S)NC2CCCCC2)c1. The van der Waals surface area contributed by atoms with Gasteiger partial charge in [0, 0.05) is 11.6 Å². The molecule has 0 heterocycles. The summed E-state index contributed by atoms with van der Waals surface area (Å²) in [5.74, 6) is 0.506. The molecular formula is C18H26N2O2S. The Balaban J connectivity index is 1.89. The van der Waals surface area contributed by atoms with E-state index in [4.69, 9.17) is 17.0 Å². The van der Waals surface area contributed by atoms with Gasteiger partial charge < -0.3 is 10.1 Å². The van der Waals surface area contributed by atoms with Gasteiger partial charge in [0.05, 0.1) is 6.10 Å². The lowest BCUT2D eigenvalue weighted by atomic mass is 9.96. The van der Waals surface area contributed by atoms with Crippen molar-refractivity contribution in [3.05, 3.63) is 29.8 Å². The van der Waals surface area contributed by atoms with Crippen molar-refractivity contribution in [2.24, 2.45) is 0 Å². The van der Waals surface area contributed by atoms with E-state index in [2.05, 4.69) is 17.6 Å². The Morgan fingerprint density at radius 2 is 2.09 bits per heavy atom. The Morgan fingerprint density at radius 3 is 2.78 bits per heavy atom. The van der Waals surface area contributed by atoms with Gasteiger partial charge in [0.1, 0.15) is 5.75 Å². The van der Waals surface area contributed by atoms with Crippen LogP contribution in [0.2, 0.25) is 0 Å². The molecule has 1 aromatic rings. The molecule has 1 fully saturated rings. The van der Waals surface area contributed by atoms with E-state index >= 15 is 0 Å². The molecule has 1 amide bonds. The summed E-state index contributed by atoms with van der Waals surface area (Å²) in [6.07, 6.45) is 7.03. The number of hydrogen-bond donors (Lipinski definition) is 2. The highest BCUT2D eigenvalue weighted by Crippen LogP contribution is 2.18. The second-order valence-electron chi connectivity index (χ2n) is 6.13. The van der Waals surface area contributed by atoms with Crippen molar-refractivity contribution in [1.29, 1.82) is 0 Å². The molecule has 23 heavy (non-hydrogen) atoms. The summed E-state index contributed by atoms with van der Waals surface area (Å²) in [7, 11) is 0. The van der Waals surface area contributed by atoms with Gasteiger partial charge in [0.2, 0.25) is 0 Å². The zero-order chi connectivity index (χ0) is 16.7. The van der Waals surface area contributed by atoms with E-state index in [0.29, 0.717) is 22.5 Å². The number of carbonyl (C=O) groups excluding carboxylic acids is 1. The number of thiocarbonyl (C=S) groups is 1. The first-order valence-electron chi connectivity index (χ1n) is 8.47. The quantitative estimate of drug-likeness (QED) is 0.804. The lowest BCUT2D eigenvalue weighted by molar-refractivity contribution is 0.0975. The molecule has 5 heteroatoms. The van der Waals surface area contributed by atoms with Crippen LogP contribution in [0, 0.1) is 0 Å². The first-order valence-corrected chi connectivity index (χ1v) is 8.88. The summed E-state index contributed by atoms with van der Waals surface area (Å²) < 4.78 is 5.75. The molecule has 4 nitrogen and oxygen atoms in total. The molecule has 2 rings (SSSR count). The topological polar surface area (TPSA) is 50.4 Å². The standard InChI is InChI=1S/C18H26N2O2S/c1-3-13(2)22-16-11-7-8-14(12-16)17(21)20-18(23)19-15-9-5-4-6-10-15/h7-8,11-13,15H,3-6,9-10H2,1-2H3,(H2,19,20,21,23). The van der Waals surface area contributed by atoms with Crippen LogP contribution in [0.1, 0.15) is 62.7 Å². The lowest BCUT2D eigenvalue weighted by Gasteiger charge is -2.24. The Hall–Kier alpha value is -1.62. The Morgan fingerprint density at radius 1 is 1.35 bits per heavy atom. The summed E-state index contributed by atoms with van der Waals surface area (Å²) >= 11 is 5.26. The molecule has 0 bridgehead atoms. The van der Waals surface area contributed by atoms with Crippen molar-refractivity contribution in [2.45, 2.75) is 64.5 Å². The van der Waals surface area contributed by atoms with E-state index in [1.165, 1.54) is 19.3 Å². The van der Waals surface area contributed by atoms with Crippen molar-refractivity contribution in [1.82, 2.24) is 10.6 Å². The van der Waals surface area contributed by atoms with Crippen LogP contribution in [0.25, 0.3) is 0 Å². The number of amides is 1. The van der Waals surface area contributed by atoms with Crippen LogP contribution < -0.4 is 15.4 Å². The molecule has 1 saturated carbocycles. The Bertz CT molecular complexity index is 542. The smallest absolute Gasteiger partial charge is 0.257 e. The van der Waals surface area contributed by atoms with Gasteiger partial charge in [0.25, 0.3) is 5.91 Å². The number of carbonyl (C=O) groups is 1. The highest BCUT2D eigenvalue weighted by Gasteiger charge is 2.16. The van der Waals surface area contributed by atoms with Gasteiger partial charge in [-0.15, -0.1) is 0 Å². The maximum absolute atomic E-state index is 12.3. The van der Waals surface area contributed by atoms with Crippen LogP contribution in [-0.2, 0) is 0 Å². The number of rotatable bonds is 5. The van der Waals surface area contributed by atoms with Crippen LogP contribution in [0.15, 0.2) is 24.3 Å². The fourth-order valence-corrected chi connectivity index (χ4v) is 2.93. The first-order chi connectivity index (χ1) is 11.1. The van der Waals surface area contributed by atoms with Crippen LogP contribution in [0.3, 0.4) is 0 Å². The highest BCUT2D eigenvalue weighted by atomic mass is 32.1. The van der Waals surface area contributed by atoms with Gasteiger partial charge in [-0.25, -0.2) is 0 Å². The van der Waals surface area contributed by atoms with E-state index in [-0.39, 0.29) is 12.0 Å². The molecule has 2 N–H and O–H groups in total. The summed E-state index contributed by atoms with van der Waals surface area (Å²) in [6, 6.07) is 7.59. The fourth-order valence-electron chi connectivity index (χ4n) is 2.67. The molecule has 0 saturated heterocycles. The monoisotopic (exact) mass is 334 g/mol. The molecule has 0 aromatic heterocycles. The summed E-state index contributed by atoms with van der Waals surface area (Å²) in [5, 5.41) is 6.42. The third kappa shape index (κ3) is 5.82. The lowest BCUT2D eigenvalue weighted by Crippen LogP contribution is -2.45. The summed E-state index contributed by atoms with van der Waals surface area (Å²) in [4.78, 5) is 12.3. The zero-order valence-corrected chi connectivity index (χ0v) is 14.7. The minimum atomic E-state index is -0.201. The van der Waals surface area contributed by atoms with Crippen LogP contribution in [0.4, 0.5) is 0 Å². The van der Waals surface area contributed by atoms with Gasteiger partial charge >= 0.3 is 0 Å². The number of ether oxygens (including phenoxy) is 1. The minimum Gasteiger partial charge on any atom is -0.491 e. The minimum absolute atomic E-state index is 0.127. The van der Waals surface area contributed by atoms with Gasteiger partial charge in [0.15, 0.2) is 5.11 Å². The molecule has 0 radical (unpaired) electrons. The molecule has 1 aliphatic carbocycles. The molecule has 0 spiro atoms. The van der Waals surface area contributed by atoms with Crippen LogP contribution >= 0.6 is 12.2 Å². The molecule has 0 aliphatic heterocycles. The van der Waals surface area contributed by atoms with Crippen LogP contribution in [-0.4, -0.2) is 23.2 Å². The van der Waals surface area contributed by atoms with E-state index < -0.39 is 0 Å². The number of benzene rings is 1. The van der Waals surface area contributed by atoms with Gasteiger partial charge in [-0.2, -0.15) is 0 Å². The van der Waals surface area contributed by atoms with Crippen molar-refractivity contribution < 1.29 is 9.53 Å². The molecule has 1 aliphatic rings. The van der Waals surface area contributed by atoms with Crippen molar-refractivity contribution >= 4 is 23.2 Å². The number of hydrogen-bond acceptors (Lipinski definition) is 3. The average molecular weight is 334 g/mol. The Kier molecular flexibility index (Phi) is 6.84. The maximum atomic E-state index is 12.3. The third-order valence-corrected chi connectivity index (χ3v) is 4.40. The highest BCUT2D eigenvalue weighted by molar-refractivity contribution is 7.80. The summed E-state index contributed by atoms with van der Waals surface area (Å²) in [6.45, 7) is 4.08. The van der Waals surface area contributed by atoms with E-state index in [9.17, 15) is 4.79 Å². The molecule has 1 aromatic carbocycles. The largest absolute Gasteiger partial charge is 0.491 e. The maximum Gasteiger partial charge on any atom is 0.257 e. The Labute approximate surface area is 144 Å². The predicted molar refractivity (Wildman–Crippen MR) is 96.9 cm³/mol. The summed E-state index contributed by atoms with van der Waals surface area (Å²) in [5.41, 5.74) is 0.554. The van der Waals surface area contributed by atoms with Crippen molar-refractivity contribution in [2.75, 3.05) is 0 Å². The normalized spacial score (nSPS) is 16.4. The molecule has 126 valence electrons. The zero-order valence-electron chi connectivity index (χ0n) is 13.9.